The predicted molar refractivity (Wildman–Crippen MR) is 90.4 cm³/mol. The quantitative estimate of drug-likeness (QED) is 0.900. The maximum atomic E-state index is 12.0. The van der Waals surface area contributed by atoms with Crippen LogP contribution in [0.2, 0.25) is 0 Å². The third kappa shape index (κ3) is 3.51. The van der Waals surface area contributed by atoms with Gasteiger partial charge in [0.05, 0.1) is 21.3 Å². The molecule has 1 aliphatic heterocycles. The number of urea groups is 1. The van der Waals surface area contributed by atoms with Crippen LogP contribution in [0, 0.1) is 0 Å². The molecule has 23 heavy (non-hydrogen) atoms. The Kier molecular flexibility index (Phi) is 4.58. The maximum absolute atomic E-state index is 12.0. The van der Waals surface area contributed by atoms with Crippen LogP contribution in [-0.2, 0) is 4.79 Å². The first kappa shape index (κ1) is 15.9. The lowest BCUT2D eigenvalue weighted by atomic mass is 9.97. The molecule has 3 rings (SSSR count). The molecular weight excluding hydrogens is 312 g/mol. The zero-order chi connectivity index (χ0) is 16.4. The summed E-state index contributed by atoms with van der Waals surface area (Å²) in [5.74, 6) is -0.0209. The van der Waals surface area contributed by atoms with Crippen molar-refractivity contribution in [2.45, 2.75) is 31.7 Å². The van der Waals surface area contributed by atoms with E-state index in [1.165, 1.54) is 4.70 Å². The van der Waals surface area contributed by atoms with Crippen molar-refractivity contribution in [1.82, 2.24) is 15.2 Å². The highest BCUT2D eigenvalue weighted by Gasteiger charge is 2.30. The highest BCUT2D eigenvalue weighted by Crippen LogP contribution is 2.33. The number of nitrogens with one attached hydrogen (secondary N) is 1. The Balaban J connectivity index is 1.72. The summed E-state index contributed by atoms with van der Waals surface area (Å²) in [5.41, 5.74) is 6.06. The first-order chi connectivity index (χ1) is 11.0. The number of fused-ring (bicyclic) bond motifs is 1. The molecule has 122 valence electrons. The fraction of sp³-hybridized carbons (Fsp3) is 0.438. The largest absolute Gasteiger partial charge is 0.351 e. The van der Waals surface area contributed by atoms with Crippen LogP contribution in [0.3, 0.4) is 0 Å². The predicted octanol–water partition coefficient (Wildman–Crippen LogP) is 2.06. The van der Waals surface area contributed by atoms with Crippen molar-refractivity contribution in [1.29, 1.82) is 0 Å². The van der Waals surface area contributed by atoms with Crippen molar-refractivity contribution in [3.8, 4) is 0 Å². The van der Waals surface area contributed by atoms with E-state index in [-0.39, 0.29) is 11.9 Å². The molecule has 3 amide bonds. The minimum absolute atomic E-state index is 0.324. The van der Waals surface area contributed by atoms with Gasteiger partial charge in [-0.2, -0.15) is 0 Å². The standard InChI is InChI=1S/C16H20N4O2S/c1-10(14(21)19-16(17)22)20-8-4-5-11(9-20)15-18-12-6-2-3-7-13(12)23-15/h2-3,6-7,10-11H,4-5,8-9H2,1H3,(H3,17,19,21,22)/t10-,11+/m1/s1. The SMILES string of the molecule is C[C@H](C(=O)NC(N)=O)N1CCC[C@H](c2nc3ccccc3s2)C1. The van der Waals surface area contributed by atoms with E-state index in [2.05, 4.69) is 16.3 Å². The second-order valence-corrected chi connectivity index (χ2v) is 6.95. The Morgan fingerprint density at radius 3 is 2.96 bits per heavy atom. The Labute approximate surface area is 138 Å². The number of primary amides is 1. The van der Waals surface area contributed by atoms with Gasteiger partial charge in [0.25, 0.3) is 0 Å². The second-order valence-electron chi connectivity index (χ2n) is 5.88. The smallest absolute Gasteiger partial charge is 0.318 e. The zero-order valence-corrected chi connectivity index (χ0v) is 13.8. The fourth-order valence-corrected chi connectivity index (χ4v) is 4.11. The molecule has 0 unspecified atom stereocenters. The summed E-state index contributed by atoms with van der Waals surface area (Å²) in [6.45, 7) is 3.42. The lowest BCUT2D eigenvalue weighted by molar-refractivity contribution is -0.125. The molecule has 0 aliphatic carbocycles. The number of benzene rings is 1. The molecule has 7 heteroatoms. The normalized spacial score (nSPS) is 20.3. The van der Waals surface area contributed by atoms with Gasteiger partial charge in [0.15, 0.2) is 0 Å². The summed E-state index contributed by atoms with van der Waals surface area (Å²) in [6.07, 6.45) is 2.08. The van der Waals surface area contributed by atoms with Crippen LogP contribution in [0.1, 0.15) is 30.7 Å². The van der Waals surface area contributed by atoms with Gasteiger partial charge in [-0.15, -0.1) is 11.3 Å². The molecule has 2 aromatic rings. The van der Waals surface area contributed by atoms with Crippen LogP contribution >= 0.6 is 11.3 Å². The molecule has 1 fully saturated rings. The van der Waals surface area contributed by atoms with E-state index in [1.54, 1.807) is 18.3 Å². The number of nitrogens with zero attached hydrogens (tertiary/aromatic N) is 2. The van der Waals surface area contributed by atoms with Gasteiger partial charge < -0.3 is 5.73 Å². The van der Waals surface area contributed by atoms with Crippen molar-refractivity contribution >= 4 is 33.5 Å². The van der Waals surface area contributed by atoms with E-state index in [4.69, 9.17) is 10.7 Å². The molecule has 0 spiro atoms. The third-order valence-electron chi connectivity index (χ3n) is 4.29. The molecule has 6 nitrogen and oxygen atoms in total. The number of nitrogens with two attached hydrogens (primary N) is 1. The molecule has 1 aromatic carbocycles. The summed E-state index contributed by atoms with van der Waals surface area (Å²) >= 11 is 1.72. The van der Waals surface area contributed by atoms with Crippen molar-refractivity contribution in [2.75, 3.05) is 13.1 Å². The van der Waals surface area contributed by atoms with E-state index < -0.39 is 6.03 Å². The first-order valence-electron chi connectivity index (χ1n) is 7.74. The van der Waals surface area contributed by atoms with Crippen molar-refractivity contribution < 1.29 is 9.59 Å². The molecule has 2 atom stereocenters. The van der Waals surface area contributed by atoms with Crippen LogP contribution in [0.25, 0.3) is 10.2 Å². The van der Waals surface area contributed by atoms with Gasteiger partial charge >= 0.3 is 6.03 Å². The van der Waals surface area contributed by atoms with Gasteiger partial charge in [-0.3, -0.25) is 15.0 Å². The molecule has 1 aliphatic rings. The Morgan fingerprint density at radius 1 is 1.43 bits per heavy atom. The highest BCUT2D eigenvalue weighted by molar-refractivity contribution is 7.18. The molecule has 0 bridgehead atoms. The molecule has 2 heterocycles. The number of amides is 3. The molecule has 1 aromatic heterocycles. The van der Waals surface area contributed by atoms with Crippen molar-refractivity contribution in [3.05, 3.63) is 29.3 Å². The van der Waals surface area contributed by atoms with Crippen LogP contribution in [-0.4, -0.2) is 41.0 Å². The monoisotopic (exact) mass is 332 g/mol. The number of carbonyl (C=O) groups excluding carboxylic acids is 2. The van der Waals surface area contributed by atoms with Gasteiger partial charge in [-0.25, -0.2) is 9.78 Å². The van der Waals surface area contributed by atoms with E-state index in [0.717, 1.165) is 36.5 Å². The van der Waals surface area contributed by atoms with Gasteiger partial charge in [0.2, 0.25) is 5.91 Å². The van der Waals surface area contributed by atoms with E-state index >= 15 is 0 Å². The molecule has 1 saturated heterocycles. The second kappa shape index (κ2) is 6.64. The lowest BCUT2D eigenvalue weighted by Crippen LogP contribution is -2.50. The van der Waals surface area contributed by atoms with E-state index in [9.17, 15) is 9.59 Å². The molecule has 3 N–H and O–H groups in total. The van der Waals surface area contributed by atoms with Gasteiger partial charge in [0, 0.05) is 12.5 Å². The fourth-order valence-electron chi connectivity index (χ4n) is 3.02. The number of thiazole rings is 1. The van der Waals surface area contributed by atoms with Crippen LogP contribution < -0.4 is 11.1 Å². The highest BCUT2D eigenvalue weighted by atomic mass is 32.1. The van der Waals surface area contributed by atoms with Crippen molar-refractivity contribution in [3.63, 3.8) is 0 Å². The summed E-state index contributed by atoms with van der Waals surface area (Å²) in [4.78, 5) is 29.7. The number of aromatic nitrogens is 1. The number of piperidine rings is 1. The Morgan fingerprint density at radius 2 is 2.22 bits per heavy atom. The van der Waals surface area contributed by atoms with Gasteiger partial charge in [-0.05, 0) is 38.4 Å². The van der Waals surface area contributed by atoms with Gasteiger partial charge in [0.1, 0.15) is 0 Å². The van der Waals surface area contributed by atoms with Crippen LogP contribution in [0.4, 0.5) is 4.79 Å². The summed E-state index contributed by atoms with van der Waals surface area (Å²) in [7, 11) is 0. The lowest BCUT2D eigenvalue weighted by Gasteiger charge is -2.35. The van der Waals surface area contributed by atoms with Crippen LogP contribution in [0.15, 0.2) is 24.3 Å². The minimum Gasteiger partial charge on any atom is -0.351 e. The van der Waals surface area contributed by atoms with Crippen molar-refractivity contribution in [2.24, 2.45) is 5.73 Å². The van der Waals surface area contributed by atoms with Gasteiger partial charge in [-0.1, -0.05) is 12.1 Å². The molecule has 0 radical (unpaired) electrons. The minimum atomic E-state index is -0.804. The topological polar surface area (TPSA) is 88.3 Å². The van der Waals surface area contributed by atoms with E-state index in [0.29, 0.717) is 5.92 Å². The zero-order valence-electron chi connectivity index (χ0n) is 13.0. The average molecular weight is 332 g/mol. The number of hydrogen-bond donors (Lipinski definition) is 2. The third-order valence-corrected chi connectivity index (χ3v) is 5.48. The Bertz CT molecular complexity index is 697. The number of para-hydroxylation sites is 1. The number of imide groups is 1. The summed E-state index contributed by atoms with van der Waals surface area (Å²) in [6, 6.07) is 6.95. The number of carbonyl (C=O) groups is 2. The first-order valence-corrected chi connectivity index (χ1v) is 8.56. The summed E-state index contributed by atoms with van der Waals surface area (Å²) < 4.78 is 1.19. The molecule has 0 saturated carbocycles. The van der Waals surface area contributed by atoms with E-state index in [1.807, 2.05) is 18.2 Å². The number of hydrogen-bond acceptors (Lipinski definition) is 5. The maximum Gasteiger partial charge on any atom is 0.318 e. The summed E-state index contributed by atoms with van der Waals surface area (Å²) in [5, 5.41) is 3.28. The molecular formula is C16H20N4O2S. The average Bonchev–Trinajstić information content (AvgIpc) is 2.97. The number of likely N-dealkylation sites (tertiary alicyclic amines) is 1. The number of rotatable bonds is 3. The van der Waals surface area contributed by atoms with Crippen LogP contribution in [0.5, 0.6) is 0 Å². The Hall–Kier alpha value is -1.99.